The van der Waals surface area contributed by atoms with E-state index < -0.39 is 0 Å². The lowest BCUT2D eigenvalue weighted by atomic mass is 10.1. The number of unbranched alkanes of at least 4 members (excludes halogenated alkanes) is 5. The molecule has 2 aromatic heterocycles. The molecule has 4 nitrogen and oxygen atoms in total. The van der Waals surface area contributed by atoms with Gasteiger partial charge in [-0.1, -0.05) is 45.1 Å². The van der Waals surface area contributed by atoms with E-state index >= 15 is 0 Å². The highest BCUT2D eigenvalue weighted by atomic mass is 16.5. The van der Waals surface area contributed by atoms with Crippen LogP contribution < -0.4 is 0 Å². The number of hydrogen-bond donors (Lipinski definition) is 0. The number of aromatic nitrogens is 2. The highest BCUT2D eigenvalue weighted by molar-refractivity contribution is 5.89. The first-order chi connectivity index (χ1) is 11.3. The summed E-state index contributed by atoms with van der Waals surface area (Å²) in [5.74, 6) is -0.307. The zero-order chi connectivity index (χ0) is 16.3. The maximum Gasteiger partial charge on any atom is 0.339 e. The molecule has 0 aliphatic rings. The first-order valence-electron chi connectivity index (χ1n) is 8.36. The van der Waals surface area contributed by atoms with Gasteiger partial charge in [-0.3, -0.25) is 9.97 Å². The molecule has 0 fully saturated rings. The zero-order valence-corrected chi connectivity index (χ0v) is 13.7. The van der Waals surface area contributed by atoms with Crippen LogP contribution in [-0.4, -0.2) is 22.5 Å². The second-order valence-electron chi connectivity index (χ2n) is 5.55. The van der Waals surface area contributed by atoms with Gasteiger partial charge in [-0.2, -0.15) is 0 Å². The molecule has 0 atom stereocenters. The molecule has 0 N–H and O–H groups in total. The van der Waals surface area contributed by atoms with Gasteiger partial charge in [0, 0.05) is 12.4 Å². The lowest BCUT2D eigenvalue weighted by molar-refractivity contribution is 0.0497. The molecule has 0 aliphatic carbocycles. The Bertz CT molecular complexity index is 582. The normalized spacial score (nSPS) is 10.5. The van der Waals surface area contributed by atoms with Crippen LogP contribution in [0.3, 0.4) is 0 Å². The Morgan fingerprint density at radius 3 is 2.43 bits per heavy atom. The van der Waals surface area contributed by atoms with Gasteiger partial charge in [0.1, 0.15) is 0 Å². The van der Waals surface area contributed by atoms with Gasteiger partial charge in [0.25, 0.3) is 0 Å². The predicted molar refractivity (Wildman–Crippen MR) is 91.1 cm³/mol. The predicted octanol–water partition coefficient (Wildman–Crippen LogP) is 4.66. The minimum absolute atomic E-state index is 0.307. The van der Waals surface area contributed by atoms with E-state index in [-0.39, 0.29) is 5.97 Å². The molecule has 0 bridgehead atoms. The van der Waals surface area contributed by atoms with Crippen molar-refractivity contribution in [2.45, 2.75) is 45.4 Å². The van der Waals surface area contributed by atoms with Crippen molar-refractivity contribution in [2.24, 2.45) is 0 Å². The molecule has 2 aromatic rings. The Kier molecular flexibility index (Phi) is 7.24. The Balaban J connectivity index is 1.75. The van der Waals surface area contributed by atoms with Crippen molar-refractivity contribution in [3.05, 3.63) is 48.3 Å². The van der Waals surface area contributed by atoms with Gasteiger partial charge in [-0.15, -0.1) is 0 Å². The SMILES string of the molecule is CCCCCCCCOC(=O)c1ccc(-c2ccccn2)nc1. The minimum Gasteiger partial charge on any atom is -0.462 e. The van der Waals surface area contributed by atoms with E-state index in [1.165, 1.54) is 25.7 Å². The van der Waals surface area contributed by atoms with Crippen LogP contribution >= 0.6 is 0 Å². The van der Waals surface area contributed by atoms with E-state index in [0.29, 0.717) is 12.2 Å². The van der Waals surface area contributed by atoms with E-state index in [1.807, 2.05) is 18.2 Å². The van der Waals surface area contributed by atoms with E-state index in [2.05, 4.69) is 16.9 Å². The molecule has 0 aliphatic heterocycles. The van der Waals surface area contributed by atoms with Crippen molar-refractivity contribution in [2.75, 3.05) is 6.61 Å². The average molecular weight is 312 g/mol. The highest BCUT2D eigenvalue weighted by Gasteiger charge is 2.08. The molecule has 0 saturated carbocycles. The number of carbonyl (C=O) groups excluding carboxylic acids is 1. The van der Waals surface area contributed by atoms with Crippen molar-refractivity contribution in [1.82, 2.24) is 9.97 Å². The monoisotopic (exact) mass is 312 g/mol. The summed E-state index contributed by atoms with van der Waals surface area (Å²) in [4.78, 5) is 20.5. The number of nitrogens with zero attached hydrogens (tertiary/aromatic N) is 2. The summed E-state index contributed by atoms with van der Waals surface area (Å²) in [5, 5.41) is 0. The number of esters is 1. The van der Waals surface area contributed by atoms with Crippen LogP contribution in [0.5, 0.6) is 0 Å². The summed E-state index contributed by atoms with van der Waals surface area (Å²) >= 11 is 0. The van der Waals surface area contributed by atoms with Gasteiger partial charge >= 0.3 is 5.97 Å². The van der Waals surface area contributed by atoms with Crippen LogP contribution in [0.15, 0.2) is 42.7 Å². The summed E-state index contributed by atoms with van der Waals surface area (Å²) in [5.41, 5.74) is 2.02. The topological polar surface area (TPSA) is 52.1 Å². The lowest BCUT2D eigenvalue weighted by Gasteiger charge is -2.05. The molecule has 0 radical (unpaired) electrons. The average Bonchev–Trinajstić information content (AvgIpc) is 2.61. The quantitative estimate of drug-likeness (QED) is 0.499. The van der Waals surface area contributed by atoms with E-state index in [0.717, 1.165) is 24.2 Å². The van der Waals surface area contributed by atoms with Gasteiger partial charge in [0.2, 0.25) is 0 Å². The van der Waals surface area contributed by atoms with E-state index in [1.54, 1.807) is 24.5 Å². The molecule has 0 spiro atoms. The maximum atomic E-state index is 11.9. The fourth-order valence-electron chi connectivity index (χ4n) is 2.31. The maximum absolute atomic E-state index is 11.9. The fraction of sp³-hybridized carbons (Fsp3) is 0.421. The Hall–Kier alpha value is -2.23. The first kappa shape index (κ1) is 17.1. The van der Waals surface area contributed by atoms with Gasteiger partial charge in [0.05, 0.1) is 23.6 Å². The van der Waals surface area contributed by atoms with Crippen molar-refractivity contribution < 1.29 is 9.53 Å². The van der Waals surface area contributed by atoms with Crippen LogP contribution in [0.2, 0.25) is 0 Å². The third-order valence-corrected chi connectivity index (χ3v) is 3.66. The molecule has 2 rings (SSSR count). The largest absolute Gasteiger partial charge is 0.462 e. The highest BCUT2D eigenvalue weighted by Crippen LogP contribution is 2.14. The van der Waals surface area contributed by atoms with Gasteiger partial charge < -0.3 is 4.74 Å². The van der Waals surface area contributed by atoms with Crippen molar-refractivity contribution in [3.8, 4) is 11.4 Å². The summed E-state index contributed by atoms with van der Waals surface area (Å²) in [6.45, 7) is 2.68. The minimum atomic E-state index is -0.307. The number of rotatable bonds is 9. The van der Waals surface area contributed by atoms with Crippen LogP contribution in [0.1, 0.15) is 55.8 Å². The molecule has 0 unspecified atom stereocenters. The number of hydrogen-bond acceptors (Lipinski definition) is 4. The number of pyridine rings is 2. The Labute approximate surface area is 137 Å². The molecular formula is C19H24N2O2. The summed E-state index contributed by atoms with van der Waals surface area (Å²) in [6, 6.07) is 9.19. The molecule has 23 heavy (non-hydrogen) atoms. The smallest absolute Gasteiger partial charge is 0.339 e. The van der Waals surface area contributed by atoms with Crippen LogP contribution in [0.4, 0.5) is 0 Å². The molecule has 4 heteroatoms. The molecule has 0 amide bonds. The van der Waals surface area contributed by atoms with Crippen LogP contribution in [0, 0.1) is 0 Å². The third-order valence-electron chi connectivity index (χ3n) is 3.66. The molecule has 0 saturated heterocycles. The lowest BCUT2D eigenvalue weighted by Crippen LogP contribution is -2.07. The molecule has 122 valence electrons. The summed E-state index contributed by atoms with van der Waals surface area (Å²) in [7, 11) is 0. The fourth-order valence-corrected chi connectivity index (χ4v) is 2.31. The molecule has 2 heterocycles. The van der Waals surface area contributed by atoms with Gasteiger partial charge in [-0.25, -0.2) is 4.79 Å². The third kappa shape index (κ3) is 5.81. The second kappa shape index (κ2) is 9.72. The van der Waals surface area contributed by atoms with E-state index in [9.17, 15) is 4.79 Å². The summed E-state index contributed by atoms with van der Waals surface area (Å²) < 4.78 is 5.29. The Morgan fingerprint density at radius 2 is 1.74 bits per heavy atom. The standard InChI is InChI=1S/C19H24N2O2/c1-2-3-4-5-6-9-14-23-19(22)16-11-12-18(21-15-16)17-10-7-8-13-20-17/h7-8,10-13,15H,2-6,9,14H2,1H3. The van der Waals surface area contributed by atoms with E-state index in [4.69, 9.17) is 4.74 Å². The van der Waals surface area contributed by atoms with Gasteiger partial charge in [-0.05, 0) is 30.7 Å². The molecular weight excluding hydrogens is 288 g/mol. The zero-order valence-electron chi connectivity index (χ0n) is 13.7. The molecule has 0 aromatic carbocycles. The summed E-state index contributed by atoms with van der Waals surface area (Å²) in [6.07, 6.45) is 10.3. The van der Waals surface area contributed by atoms with Crippen LogP contribution in [0.25, 0.3) is 11.4 Å². The Morgan fingerprint density at radius 1 is 0.957 bits per heavy atom. The number of ether oxygens (including phenoxy) is 1. The van der Waals surface area contributed by atoms with Crippen molar-refractivity contribution in [3.63, 3.8) is 0 Å². The van der Waals surface area contributed by atoms with Crippen molar-refractivity contribution in [1.29, 1.82) is 0 Å². The first-order valence-corrected chi connectivity index (χ1v) is 8.36. The van der Waals surface area contributed by atoms with Crippen molar-refractivity contribution >= 4 is 5.97 Å². The van der Waals surface area contributed by atoms with Gasteiger partial charge in [0.15, 0.2) is 0 Å². The van der Waals surface area contributed by atoms with Crippen LogP contribution in [-0.2, 0) is 4.74 Å². The number of carbonyl (C=O) groups is 1. The second-order valence-corrected chi connectivity index (χ2v) is 5.55.